The first-order valence-corrected chi connectivity index (χ1v) is 5.49. The molecule has 0 spiro atoms. The van der Waals surface area contributed by atoms with E-state index in [-0.39, 0.29) is 0 Å². The normalized spacial score (nSPS) is 9.00. The van der Waals surface area contributed by atoms with Crippen LogP contribution in [0.1, 0.15) is 24.8 Å². The van der Waals surface area contributed by atoms with E-state index in [1.54, 1.807) is 0 Å². The average Bonchev–Trinajstić information content (AvgIpc) is 2.19. The zero-order valence-corrected chi connectivity index (χ0v) is 8.95. The molecule has 0 bridgehead atoms. The summed E-state index contributed by atoms with van der Waals surface area (Å²) in [4.78, 5) is 0. The summed E-state index contributed by atoms with van der Waals surface area (Å²) in [6.07, 6.45) is 4.67. The molecule has 68 valence electrons. The van der Waals surface area contributed by atoms with Gasteiger partial charge in [-0.2, -0.15) is 0 Å². The fraction of sp³-hybridized carbons (Fsp3) is 0.333. The van der Waals surface area contributed by atoms with E-state index in [1.807, 2.05) is 30.3 Å². The highest BCUT2D eigenvalue weighted by molar-refractivity contribution is 7.16. The van der Waals surface area contributed by atoms with Crippen LogP contribution in [0.25, 0.3) is 0 Å². The van der Waals surface area contributed by atoms with Gasteiger partial charge in [0, 0.05) is 12.0 Å². The first kappa shape index (κ1) is 10.3. The third kappa shape index (κ3) is 4.71. The van der Waals surface area contributed by atoms with E-state index in [4.69, 9.17) is 0 Å². The van der Waals surface area contributed by atoms with Gasteiger partial charge in [0.1, 0.15) is 0 Å². The van der Waals surface area contributed by atoms with E-state index in [2.05, 4.69) is 21.1 Å². The Morgan fingerprint density at radius 1 is 1.08 bits per heavy atom. The lowest BCUT2D eigenvalue weighted by Crippen LogP contribution is -1.75. The van der Waals surface area contributed by atoms with Crippen molar-refractivity contribution in [3.8, 4) is 11.8 Å². The maximum atomic E-state index is 3.18. The van der Waals surface area contributed by atoms with Gasteiger partial charge in [-0.1, -0.05) is 30.0 Å². The Balaban J connectivity index is 2.31. The van der Waals surface area contributed by atoms with Crippen LogP contribution in [0.15, 0.2) is 30.3 Å². The Hall–Kier alpha value is -0.790. The van der Waals surface area contributed by atoms with Crippen LogP contribution in [-0.2, 0) is 0 Å². The minimum Gasteiger partial charge on any atom is -0.138 e. The van der Waals surface area contributed by atoms with Crippen LogP contribution < -0.4 is 0 Å². The maximum absolute atomic E-state index is 3.18. The van der Waals surface area contributed by atoms with Crippen LogP contribution in [0, 0.1) is 11.8 Å². The van der Waals surface area contributed by atoms with Crippen molar-refractivity contribution in [2.24, 2.45) is 0 Å². The molecule has 1 unspecified atom stereocenters. The van der Waals surface area contributed by atoms with E-state index in [1.165, 1.54) is 19.0 Å². The summed E-state index contributed by atoms with van der Waals surface area (Å²) in [5, 5.41) is 0. The van der Waals surface area contributed by atoms with Gasteiger partial charge in [-0.15, -0.1) is 9.24 Å². The molecular weight excluding hydrogens is 175 g/mol. The number of rotatable bonds is 3. The Morgan fingerprint density at radius 3 is 2.54 bits per heavy atom. The minimum absolute atomic E-state index is 1.02. The molecule has 1 atom stereocenters. The summed E-state index contributed by atoms with van der Waals surface area (Å²) in [7, 11) is 2.74. The fourth-order valence-electron chi connectivity index (χ4n) is 1.04. The fourth-order valence-corrected chi connectivity index (χ4v) is 1.33. The first-order valence-electron chi connectivity index (χ1n) is 4.67. The number of hydrogen-bond donors (Lipinski definition) is 0. The number of benzene rings is 1. The second kappa shape index (κ2) is 6.70. The molecule has 0 saturated heterocycles. The largest absolute Gasteiger partial charge is 0.138 e. The molecule has 0 saturated carbocycles. The molecule has 0 nitrogen and oxygen atoms in total. The van der Waals surface area contributed by atoms with Gasteiger partial charge in [-0.05, 0) is 31.1 Å². The molecule has 1 heteroatoms. The van der Waals surface area contributed by atoms with Gasteiger partial charge in [0.05, 0.1) is 0 Å². The highest BCUT2D eigenvalue weighted by Crippen LogP contribution is 1.99. The van der Waals surface area contributed by atoms with E-state index in [0.29, 0.717) is 0 Å². The molecule has 0 aliphatic heterocycles. The molecule has 0 heterocycles. The van der Waals surface area contributed by atoms with Gasteiger partial charge < -0.3 is 0 Å². The molecule has 1 aromatic rings. The third-order valence-electron chi connectivity index (χ3n) is 1.76. The Morgan fingerprint density at radius 2 is 1.85 bits per heavy atom. The molecule has 0 aliphatic carbocycles. The lowest BCUT2D eigenvalue weighted by Gasteiger charge is -1.89. The van der Waals surface area contributed by atoms with Crippen molar-refractivity contribution in [1.29, 1.82) is 0 Å². The van der Waals surface area contributed by atoms with Gasteiger partial charge in [-0.3, -0.25) is 0 Å². The lowest BCUT2D eigenvalue weighted by molar-refractivity contribution is 0.837. The van der Waals surface area contributed by atoms with Crippen molar-refractivity contribution in [3.63, 3.8) is 0 Å². The predicted octanol–water partition coefficient (Wildman–Crippen LogP) is 3.08. The lowest BCUT2D eigenvalue weighted by atomic mass is 10.2. The Bertz CT molecular complexity index is 279. The maximum Gasteiger partial charge on any atom is 0.0245 e. The molecule has 0 aliphatic rings. The monoisotopic (exact) mass is 190 g/mol. The summed E-state index contributed by atoms with van der Waals surface area (Å²) in [6, 6.07) is 10.1. The minimum atomic E-state index is 1.02. The summed E-state index contributed by atoms with van der Waals surface area (Å²) in [6.45, 7) is 0. The van der Waals surface area contributed by atoms with Crippen LogP contribution in [0.3, 0.4) is 0 Å². The highest BCUT2D eigenvalue weighted by atomic mass is 31.0. The third-order valence-corrected chi connectivity index (χ3v) is 2.17. The average molecular weight is 190 g/mol. The Kier molecular flexibility index (Phi) is 5.30. The molecule has 1 aromatic carbocycles. The quantitative estimate of drug-likeness (QED) is 0.390. The van der Waals surface area contributed by atoms with Crippen LogP contribution in [0.4, 0.5) is 0 Å². The summed E-state index contributed by atoms with van der Waals surface area (Å²) >= 11 is 0. The molecule has 0 amide bonds. The van der Waals surface area contributed by atoms with Gasteiger partial charge >= 0.3 is 0 Å². The zero-order chi connectivity index (χ0) is 9.36. The molecule has 0 fully saturated rings. The molecule has 0 aromatic heterocycles. The zero-order valence-electron chi connectivity index (χ0n) is 7.79. The Labute approximate surface area is 83.0 Å². The smallest absolute Gasteiger partial charge is 0.0245 e. The second-order valence-corrected chi connectivity index (χ2v) is 3.49. The molecule has 0 radical (unpaired) electrons. The summed E-state index contributed by atoms with van der Waals surface area (Å²) in [5.41, 5.74) is 1.12. The standard InChI is InChI=1S/C12H15P/c13-11-7-2-1-4-8-12-9-5-3-6-10-12/h3,5-6,9-10H,1-2,7,11,13H2. The van der Waals surface area contributed by atoms with Crippen LogP contribution in [0.5, 0.6) is 0 Å². The highest BCUT2D eigenvalue weighted by Gasteiger charge is 1.82. The molecular formula is C12H15P. The predicted molar refractivity (Wildman–Crippen MR) is 61.7 cm³/mol. The van der Waals surface area contributed by atoms with E-state index < -0.39 is 0 Å². The van der Waals surface area contributed by atoms with E-state index in [0.717, 1.165) is 12.0 Å². The van der Waals surface area contributed by atoms with Crippen LogP contribution >= 0.6 is 9.24 Å². The van der Waals surface area contributed by atoms with Crippen LogP contribution in [-0.4, -0.2) is 6.16 Å². The van der Waals surface area contributed by atoms with Gasteiger partial charge in [-0.25, -0.2) is 0 Å². The van der Waals surface area contributed by atoms with Crippen molar-refractivity contribution in [2.75, 3.05) is 6.16 Å². The van der Waals surface area contributed by atoms with Crippen molar-refractivity contribution < 1.29 is 0 Å². The van der Waals surface area contributed by atoms with Crippen LogP contribution in [0.2, 0.25) is 0 Å². The van der Waals surface area contributed by atoms with Crippen molar-refractivity contribution in [2.45, 2.75) is 19.3 Å². The topological polar surface area (TPSA) is 0 Å². The second-order valence-electron chi connectivity index (χ2n) is 2.91. The first-order chi connectivity index (χ1) is 6.43. The number of unbranched alkanes of at least 4 members (excludes halogenated alkanes) is 2. The van der Waals surface area contributed by atoms with E-state index >= 15 is 0 Å². The van der Waals surface area contributed by atoms with Gasteiger partial charge in [0.2, 0.25) is 0 Å². The van der Waals surface area contributed by atoms with Gasteiger partial charge in [0.25, 0.3) is 0 Å². The molecule has 13 heavy (non-hydrogen) atoms. The SMILES string of the molecule is PCCCCC#Cc1ccccc1. The summed E-state index contributed by atoms with van der Waals surface area (Å²) < 4.78 is 0. The van der Waals surface area contributed by atoms with Crippen molar-refractivity contribution in [3.05, 3.63) is 35.9 Å². The number of hydrogen-bond acceptors (Lipinski definition) is 0. The van der Waals surface area contributed by atoms with E-state index in [9.17, 15) is 0 Å². The van der Waals surface area contributed by atoms with Crippen molar-refractivity contribution >= 4 is 9.24 Å². The summed E-state index contributed by atoms with van der Waals surface area (Å²) in [5.74, 6) is 6.32. The molecule has 0 N–H and O–H groups in total. The molecule has 1 rings (SSSR count). The van der Waals surface area contributed by atoms with Crippen molar-refractivity contribution in [1.82, 2.24) is 0 Å². The van der Waals surface area contributed by atoms with Gasteiger partial charge in [0.15, 0.2) is 0 Å².